The van der Waals surface area contributed by atoms with E-state index in [2.05, 4.69) is 4.98 Å². The lowest BCUT2D eigenvalue weighted by molar-refractivity contribution is 0.0444. The van der Waals surface area contributed by atoms with Crippen LogP contribution >= 0.6 is 0 Å². The number of hydrogen-bond acceptors (Lipinski definition) is 3. The maximum Gasteiger partial charge on any atom is 0.256 e. The molecule has 0 spiro atoms. The molecule has 1 N–H and O–H groups in total. The van der Waals surface area contributed by atoms with E-state index in [1.54, 1.807) is 23.2 Å². The lowest BCUT2D eigenvalue weighted by atomic mass is 9.89. The summed E-state index contributed by atoms with van der Waals surface area (Å²) in [5, 5.41) is 10.4. The van der Waals surface area contributed by atoms with Gasteiger partial charge in [-0.2, -0.15) is 0 Å². The fraction of sp³-hybridized carbons (Fsp3) is 0.368. The number of hydrogen-bond donors (Lipinski definition) is 1. The Morgan fingerprint density at radius 3 is 2.71 bits per heavy atom. The normalized spacial score (nSPS) is 16.9. The van der Waals surface area contributed by atoms with E-state index in [1.165, 1.54) is 6.07 Å². The number of piperidine rings is 1. The fourth-order valence-electron chi connectivity index (χ4n) is 3.18. The number of amides is 1. The van der Waals surface area contributed by atoms with E-state index >= 15 is 0 Å². The molecular weight excluding hydrogens is 307 g/mol. The number of aliphatic hydroxyl groups is 1. The van der Waals surface area contributed by atoms with Crippen LogP contribution in [-0.2, 0) is 0 Å². The van der Waals surface area contributed by atoms with Gasteiger partial charge in [0.05, 0.1) is 17.4 Å². The van der Waals surface area contributed by atoms with Crippen molar-refractivity contribution in [2.24, 2.45) is 5.92 Å². The minimum atomic E-state index is -0.626. The number of aromatic nitrogens is 1. The number of likely N-dealkylation sites (tertiary alicyclic amines) is 1. The molecule has 1 amide bonds. The summed E-state index contributed by atoms with van der Waals surface area (Å²) >= 11 is 0. The number of nitrogens with zero attached hydrogens (tertiary/aromatic N) is 2. The molecule has 4 nitrogen and oxygen atoms in total. The van der Waals surface area contributed by atoms with Crippen LogP contribution in [-0.4, -0.2) is 34.0 Å². The van der Waals surface area contributed by atoms with Gasteiger partial charge in [-0.1, -0.05) is 17.7 Å². The highest BCUT2D eigenvalue weighted by Gasteiger charge is 2.30. The number of rotatable bonds is 3. The molecule has 2 heterocycles. The standard InChI is InChI=1S/C19H21FN2O2/c1-13-5-6-16(20)15(12-13)19(24)22-10-7-14(8-11-22)18(23)17-4-2-3-9-21-17/h2-6,9,12,14,18,23H,7-8,10-11H2,1H3/t18-/m0/s1. The Morgan fingerprint density at radius 1 is 1.29 bits per heavy atom. The zero-order valence-electron chi connectivity index (χ0n) is 13.7. The van der Waals surface area contributed by atoms with Gasteiger partial charge in [0.15, 0.2) is 0 Å². The lowest BCUT2D eigenvalue weighted by Gasteiger charge is -2.34. The Morgan fingerprint density at radius 2 is 2.04 bits per heavy atom. The van der Waals surface area contributed by atoms with Crippen LogP contribution < -0.4 is 0 Å². The Kier molecular flexibility index (Phi) is 4.90. The van der Waals surface area contributed by atoms with Gasteiger partial charge in [0.25, 0.3) is 5.91 Å². The van der Waals surface area contributed by atoms with E-state index in [0.717, 1.165) is 5.56 Å². The van der Waals surface area contributed by atoms with Crippen molar-refractivity contribution in [3.8, 4) is 0 Å². The molecule has 126 valence electrons. The fourth-order valence-corrected chi connectivity index (χ4v) is 3.18. The number of carbonyl (C=O) groups excluding carboxylic acids is 1. The third-order valence-corrected chi connectivity index (χ3v) is 4.62. The van der Waals surface area contributed by atoms with Gasteiger partial charge in [0.1, 0.15) is 5.82 Å². The van der Waals surface area contributed by atoms with Crippen molar-refractivity contribution >= 4 is 5.91 Å². The predicted octanol–water partition coefficient (Wildman–Crippen LogP) is 3.11. The summed E-state index contributed by atoms with van der Waals surface area (Å²) in [7, 11) is 0. The molecule has 1 aliphatic rings. The highest BCUT2D eigenvalue weighted by atomic mass is 19.1. The second-order valence-electron chi connectivity index (χ2n) is 6.31. The number of aliphatic hydroxyl groups excluding tert-OH is 1. The first-order valence-electron chi connectivity index (χ1n) is 8.20. The molecule has 1 atom stereocenters. The maximum absolute atomic E-state index is 13.9. The average molecular weight is 328 g/mol. The molecule has 1 aromatic carbocycles. The summed E-state index contributed by atoms with van der Waals surface area (Å²) in [5.41, 5.74) is 1.64. The molecule has 5 heteroatoms. The summed E-state index contributed by atoms with van der Waals surface area (Å²) in [5.74, 6) is -0.700. The first-order valence-corrected chi connectivity index (χ1v) is 8.20. The predicted molar refractivity (Wildman–Crippen MR) is 89.0 cm³/mol. The Balaban J connectivity index is 1.64. The average Bonchev–Trinajstić information content (AvgIpc) is 2.63. The Hall–Kier alpha value is -2.27. The highest BCUT2D eigenvalue weighted by Crippen LogP contribution is 2.30. The number of pyridine rings is 1. The third kappa shape index (κ3) is 3.46. The maximum atomic E-state index is 13.9. The zero-order chi connectivity index (χ0) is 17.1. The van der Waals surface area contributed by atoms with E-state index in [0.29, 0.717) is 31.6 Å². The largest absolute Gasteiger partial charge is 0.387 e. The molecule has 0 unspecified atom stereocenters. The van der Waals surface area contributed by atoms with Crippen LogP contribution in [0.1, 0.15) is 40.6 Å². The second-order valence-corrected chi connectivity index (χ2v) is 6.31. The molecule has 3 rings (SSSR count). The van der Waals surface area contributed by atoms with E-state index < -0.39 is 11.9 Å². The second kappa shape index (κ2) is 7.09. The summed E-state index contributed by atoms with van der Waals surface area (Å²) in [6.45, 7) is 2.87. The van der Waals surface area contributed by atoms with Crippen molar-refractivity contribution in [3.05, 3.63) is 65.2 Å². The van der Waals surface area contributed by atoms with Crippen molar-refractivity contribution in [3.63, 3.8) is 0 Å². The molecule has 1 aliphatic heterocycles. The van der Waals surface area contributed by atoms with Crippen LogP contribution in [0, 0.1) is 18.7 Å². The molecular formula is C19H21FN2O2. The zero-order valence-corrected chi connectivity index (χ0v) is 13.7. The van der Waals surface area contributed by atoms with Gasteiger partial charge in [-0.05, 0) is 49.9 Å². The Bertz CT molecular complexity index is 713. The van der Waals surface area contributed by atoms with Gasteiger partial charge in [0.2, 0.25) is 0 Å². The first kappa shape index (κ1) is 16.6. The minimum Gasteiger partial charge on any atom is -0.387 e. The molecule has 2 aromatic rings. The van der Waals surface area contributed by atoms with E-state index in [-0.39, 0.29) is 17.4 Å². The molecule has 0 saturated carbocycles. The SMILES string of the molecule is Cc1ccc(F)c(C(=O)N2CCC([C@H](O)c3ccccn3)CC2)c1. The number of benzene rings is 1. The van der Waals surface area contributed by atoms with Crippen LogP contribution in [0.25, 0.3) is 0 Å². The molecule has 1 saturated heterocycles. The van der Waals surface area contributed by atoms with Crippen molar-refractivity contribution in [2.75, 3.05) is 13.1 Å². The van der Waals surface area contributed by atoms with E-state index in [1.807, 2.05) is 25.1 Å². The number of aryl methyl sites for hydroxylation is 1. The van der Waals surface area contributed by atoms with Crippen molar-refractivity contribution in [2.45, 2.75) is 25.9 Å². The van der Waals surface area contributed by atoms with Gasteiger partial charge >= 0.3 is 0 Å². The van der Waals surface area contributed by atoms with Gasteiger partial charge in [0, 0.05) is 19.3 Å². The minimum absolute atomic E-state index is 0.0614. The topological polar surface area (TPSA) is 53.4 Å². The molecule has 1 aromatic heterocycles. The molecule has 0 radical (unpaired) electrons. The van der Waals surface area contributed by atoms with Crippen molar-refractivity contribution in [1.29, 1.82) is 0 Å². The van der Waals surface area contributed by atoms with Crippen LogP contribution in [0.4, 0.5) is 4.39 Å². The molecule has 0 bridgehead atoms. The van der Waals surface area contributed by atoms with Crippen LogP contribution in [0.5, 0.6) is 0 Å². The monoisotopic (exact) mass is 328 g/mol. The van der Waals surface area contributed by atoms with E-state index in [4.69, 9.17) is 0 Å². The summed E-state index contributed by atoms with van der Waals surface area (Å²) < 4.78 is 13.9. The van der Waals surface area contributed by atoms with Crippen LogP contribution in [0.3, 0.4) is 0 Å². The van der Waals surface area contributed by atoms with Gasteiger partial charge in [-0.15, -0.1) is 0 Å². The summed E-state index contributed by atoms with van der Waals surface area (Å²) in [6.07, 6.45) is 2.39. The van der Waals surface area contributed by atoms with E-state index in [9.17, 15) is 14.3 Å². The summed E-state index contributed by atoms with van der Waals surface area (Å²) in [6, 6.07) is 10.1. The Labute approximate surface area is 141 Å². The van der Waals surface area contributed by atoms with Crippen molar-refractivity contribution in [1.82, 2.24) is 9.88 Å². The molecule has 1 fully saturated rings. The smallest absolute Gasteiger partial charge is 0.256 e. The first-order chi connectivity index (χ1) is 11.6. The van der Waals surface area contributed by atoms with Crippen LogP contribution in [0.2, 0.25) is 0 Å². The number of carbonyl (C=O) groups is 1. The summed E-state index contributed by atoms with van der Waals surface area (Å²) in [4.78, 5) is 18.4. The quantitative estimate of drug-likeness (QED) is 0.942. The van der Waals surface area contributed by atoms with Gasteiger partial charge in [-0.25, -0.2) is 4.39 Å². The molecule has 0 aliphatic carbocycles. The van der Waals surface area contributed by atoms with Gasteiger partial charge in [-0.3, -0.25) is 9.78 Å². The lowest BCUT2D eigenvalue weighted by Crippen LogP contribution is -2.40. The highest BCUT2D eigenvalue weighted by molar-refractivity contribution is 5.94. The van der Waals surface area contributed by atoms with Gasteiger partial charge < -0.3 is 10.0 Å². The number of halogens is 1. The third-order valence-electron chi connectivity index (χ3n) is 4.62. The van der Waals surface area contributed by atoms with Crippen molar-refractivity contribution < 1.29 is 14.3 Å². The molecule has 24 heavy (non-hydrogen) atoms. The van der Waals surface area contributed by atoms with Crippen LogP contribution in [0.15, 0.2) is 42.6 Å².